The molecule has 0 spiro atoms. The van der Waals surface area contributed by atoms with Crippen molar-refractivity contribution in [2.45, 2.75) is 13.2 Å². The predicted octanol–water partition coefficient (Wildman–Crippen LogP) is 4.87. The number of rotatable bonds is 6. The molecule has 0 atom stereocenters. The van der Waals surface area contributed by atoms with Crippen molar-refractivity contribution < 1.29 is 31.8 Å². The number of piperidine rings is 1. The Labute approximate surface area is 171 Å². The van der Waals surface area contributed by atoms with Gasteiger partial charge < -0.3 is 9.47 Å². The summed E-state index contributed by atoms with van der Waals surface area (Å²) in [5.74, 6) is -0.378. The normalized spacial score (nSPS) is 17.9. The lowest BCUT2D eigenvalue weighted by Crippen LogP contribution is -2.34. The predicted molar refractivity (Wildman–Crippen MR) is 105 cm³/mol. The first kappa shape index (κ1) is 21.6. The Morgan fingerprint density at radius 2 is 1.20 bits per heavy atom. The van der Waals surface area contributed by atoms with Crippen molar-refractivity contribution >= 4 is 17.9 Å². The maximum absolute atomic E-state index is 13.0. The number of ether oxygens (including phenoxy) is 2. The average Bonchev–Trinajstić information content (AvgIpc) is 2.67. The van der Waals surface area contributed by atoms with Crippen LogP contribution in [0.2, 0.25) is 0 Å². The molecule has 158 valence electrons. The summed E-state index contributed by atoms with van der Waals surface area (Å²) in [5, 5.41) is 0. The molecule has 0 N–H and O–H groups in total. The third kappa shape index (κ3) is 5.48. The molecule has 1 saturated heterocycles. The van der Waals surface area contributed by atoms with E-state index in [1.165, 1.54) is 24.3 Å². The molecule has 0 saturated carbocycles. The topological polar surface area (TPSA) is 38.8 Å². The van der Waals surface area contributed by atoms with Crippen molar-refractivity contribution in [1.29, 1.82) is 0 Å². The quantitative estimate of drug-likeness (QED) is 0.493. The van der Waals surface area contributed by atoms with Gasteiger partial charge in [-0.1, -0.05) is 36.4 Å². The summed E-state index contributed by atoms with van der Waals surface area (Å²) in [6.07, 6.45) is 3.01. The van der Waals surface area contributed by atoms with Crippen LogP contribution in [0.15, 0.2) is 59.7 Å². The number of likely N-dealkylation sites (tertiary alicyclic amines) is 1. The smallest absolute Gasteiger partial charge is 0.387 e. The summed E-state index contributed by atoms with van der Waals surface area (Å²) in [6, 6.07) is 12.3. The van der Waals surface area contributed by atoms with Crippen LogP contribution in [0.4, 0.5) is 17.6 Å². The molecule has 0 amide bonds. The number of alkyl halides is 4. The van der Waals surface area contributed by atoms with Crippen LogP contribution >= 0.6 is 0 Å². The van der Waals surface area contributed by atoms with Crippen molar-refractivity contribution in [3.63, 3.8) is 0 Å². The van der Waals surface area contributed by atoms with Gasteiger partial charge >= 0.3 is 13.2 Å². The number of benzene rings is 2. The first-order chi connectivity index (χ1) is 14.3. The maximum atomic E-state index is 13.0. The standard InChI is InChI=1S/C22H19F4NO3/c1-27-12-16(10-14-6-2-4-8-18(14)29-21(23)24)20(28)17(13-27)11-15-7-3-5-9-19(15)30-22(25)26/h2-11,21-22H,12-13H2,1H3. The third-order valence-corrected chi connectivity index (χ3v) is 4.39. The highest BCUT2D eigenvalue weighted by Crippen LogP contribution is 2.28. The van der Waals surface area contributed by atoms with Crippen LogP contribution in [0.5, 0.6) is 11.5 Å². The van der Waals surface area contributed by atoms with Crippen molar-refractivity contribution in [3.05, 3.63) is 70.8 Å². The fraction of sp³-hybridized carbons (Fsp3) is 0.227. The Kier molecular flexibility index (Phi) is 6.89. The van der Waals surface area contributed by atoms with Crippen molar-refractivity contribution in [1.82, 2.24) is 4.90 Å². The molecule has 2 aromatic rings. The summed E-state index contributed by atoms with van der Waals surface area (Å²) < 4.78 is 59.7. The number of hydrogen-bond acceptors (Lipinski definition) is 4. The second-order valence-electron chi connectivity index (χ2n) is 6.67. The molecule has 1 aliphatic rings. The number of carbonyl (C=O) groups is 1. The molecule has 0 bridgehead atoms. The number of ketones is 1. The minimum Gasteiger partial charge on any atom is -0.434 e. The van der Waals surface area contributed by atoms with Gasteiger partial charge in [-0.15, -0.1) is 0 Å². The SMILES string of the molecule is CN1CC(=Cc2ccccc2OC(F)F)C(=O)C(=Cc2ccccc2OC(F)F)C1. The Hall–Kier alpha value is -3.13. The van der Waals surface area contributed by atoms with Crippen LogP contribution in [0.25, 0.3) is 12.2 Å². The second-order valence-corrected chi connectivity index (χ2v) is 6.67. The summed E-state index contributed by atoms with van der Waals surface area (Å²) in [4.78, 5) is 14.9. The van der Waals surface area contributed by atoms with E-state index >= 15 is 0 Å². The highest BCUT2D eigenvalue weighted by Gasteiger charge is 2.25. The highest BCUT2D eigenvalue weighted by atomic mass is 19.3. The van der Waals surface area contributed by atoms with Gasteiger partial charge in [0.2, 0.25) is 0 Å². The van der Waals surface area contributed by atoms with Crippen molar-refractivity contribution in [2.75, 3.05) is 20.1 Å². The monoisotopic (exact) mass is 421 g/mol. The minimum atomic E-state index is -2.99. The number of hydrogen-bond donors (Lipinski definition) is 0. The van der Waals surface area contributed by atoms with Gasteiger partial charge in [0.05, 0.1) is 0 Å². The zero-order chi connectivity index (χ0) is 21.7. The average molecular weight is 421 g/mol. The van der Waals surface area contributed by atoms with E-state index in [-0.39, 0.29) is 17.3 Å². The number of Topliss-reactive ketones (excluding diaryl/α,β-unsaturated/α-hetero) is 1. The van der Waals surface area contributed by atoms with Gasteiger partial charge in [0.15, 0.2) is 5.78 Å². The number of para-hydroxylation sites is 2. The molecular weight excluding hydrogens is 402 g/mol. The third-order valence-electron chi connectivity index (χ3n) is 4.39. The van der Waals surface area contributed by atoms with Gasteiger partial charge in [-0.3, -0.25) is 9.69 Å². The molecule has 1 heterocycles. The lowest BCUT2D eigenvalue weighted by atomic mass is 9.94. The van der Waals surface area contributed by atoms with E-state index in [9.17, 15) is 22.4 Å². The lowest BCUT2D eigenvalue weighted by Gasteiger charge is -2.26. The van der Waals surface area contributed by atoms with Crippen LogP contribution in [-0.2, 0) is 4.79 Å². The lowest BCUT2D eigenvalue weighted by molar-refractivity contribution is -0.113. The molecule has 8 heteroatoms. The fourth-order valence-electron chi connectivity index (χ4n) is 3.19. The first-order valence-electron chi connectivity index (χ1n) is 9.05. The van der Waals surface area contributed by atoms with E-state index in [4.69, 9.17) is 0 Å². The Bertz CT molecular complexity index is 897. The fourth-order valence-corrected chi connectivity index (χ4v) is 3.19. The molecule has 1 fully saturated rings. The highest BCUT2D eigenvalue weighted by molar-refractivity contribution is 6.14. The van der Waals surface area contributed by atoms with E-state index in [1.54, 1.807) is 43.4 Å². The van der Waals surface area contributed by atoms with Gasteiger partial charge in [-0.2, -0.15) is 17.6 Å². The molecule has 0 aromatic heterocycles. The van der Waals surface area contributed by atoms with Gasteiger partial charge in [0.1, 0.15) is 11.5 Å². The van der Waals surface area contributed by atoms with Crippen LogP contribution in [0.3, 0.4) is 0 Å². The van der Waals surface area contributed by atoms with Gasteiger partial charge in [-0.05, 0) is 31.3 Å². The Morgan fingerprint density at radius 3 is 1.60 bits per heavy atom. The molecule has 0 radical (unpaired) electrons. The van der Waals surface area contributed by atoms with Crippen LogP contribution in [-0.4, -0.2) is 44.0 Å². The van der Waals surface area contributed by atoms with Crippen molar-refractivity contribution in [3.8, 4) is 11.5 Å². The van der Waals surface area contributed by atoms with E-state index in [0.29, 0.717) is 35.4 Å². The second kappa shape index (κ2) is 9.58. The summed E-state index contributed by atoms with van der Waals surface area (Å²) in [7, 11) is 1.79. The van der Waals surface area contributed by atoms with Crippen molar-refractivity contribution in [2.24, 2.45) is 0 Å². The molecule has 3 rings (SSSR count). The maximum Gasteiger partial charge on any atom is 0.387 e. The van der Waals surface area contributed by atoms with Gasteiger partial charge in [0, 0.05) is 35.4 Å². The number of carbonyl (C=O) groups excluding carboxylic acids is 1. The zero-order valence-electron chi connectivity index (χ0n) is 16.0. The summed E-state index contributed by atoms with van der Waals surface area (Å²) in [6.45, 7) is -5.38. The first-order valence-corrected chi connectivity index (χ1v) is 9.05. The number of halogens is 4. The zero-order valence-corrected chi connectivity index (χ0v) is 16.0. The van der Waals surface area contributed by atoms with Crippen LogP contribution < -0.4 is 9.47 Å². The van der Waals surface area contributed by atoms with Crippen LogP contribution in [0.1, 0.15) is 11.1 Å². The van der Waals surface area contributed by atoms with E-state index < -0.39 is 13.2 Å². The molecule has 1 aliphatic heterocycles. The molecule has 0 unspecified atom stereocenters. The van der Waals surface area contributed by atoms with E-state index in [0.717, 1.165) is 0 Å². The largest absolute Gasteiger partial charge is 0.434 e. The summed E-state index contributed by atoms with van der Waals surface area (Å²) >= 11 is 0. The minimum absolute atomic E-state index is 0.0396. The number of likely N-dealkylation sites (N-methyl/N-ethyl adjacent to an activating group) is 1. The molecule has 2 aromatic carbocycles. The van der Waals surface area contributed by atoms with Gasteiger partial charge in [0.25, 0.3) is 0 Å². The van der Waals surface area contributed by atoms with Crippen LogP contribution in [0, 0.1) is 0 Å². The van der Waals surface area contributed by atoms with E-state index in [2.05, 4.69) is 9.47 Å². The molecular formula is C22H19F4NO3. The Morgan fingerprint density at radius 1 is 0.800 bits per heavy atom. The molecule has 4 nitrogen and oxygen atoms in total. The molecule has 30 heavy (non-hydrogen) atoms. The number of nitrogens with zero attached hydrogens (tertiary/aromatic N) is 1. The van der Waals surface area contributed by atoms with Gasteiger partial charge in [-0.25, -0.2) is 0 Å². The van der Waals surface area contributed by atoms with E-state index in [1.807, 2.05) is 4.90 Å². The Balaban J connectivity index is 1.95. The molecule has 0 aliphatic carbocycles. The summed E-state index contributed by atoms with van der Waals surface area (Å²) in [5.41, 5.74) is 1.43.